The molecule has 394 valence electrons. The van der Waals surface area contributed by atoms with E-state index in [2.05, 4.69) is 10.6 Å². The molecule has 5 aliphatic heterocycles. The van der Waals surface area contributed by atoms with Crippen LogP contribution in [0, 0.1) is 0 Å². The maximum absolute atomic E-state index is 12.7. The van der Waals surface area contributed by atoms with Crippen molar-refractivity contribution < 1.29 is 144 Å². The molecule has 0 aromatic carbocycles. The van der Waals surface area contributed by atoms with Gasteiger partial charge in [-0.3, -0.25) is 9.59 Å². The maximum Gasteiger partial charge on any atom is 0.364 e. The van der Waals surface area contributed by atoms with Crippen LogP contribution in [0.2, 0.25) is 0 Å². The molecule has 0 aromatic rings. The van der Waals surface area contributed by atoms with E-state index in [0.29, 0.717) is 0 Å². The number of carbonyl (C=O) groups excluding carboxylic acids is 2. The molecule has 26 atom stereocenters. The Morgan fingerprint density at radius 3 is 1.66 bits per heavy atom. The van der Waals surface area contributed by atoms with Crippen molar-refractivity contribution in [2.45, 2.75) is 179 Å². The van der Waals surface area contributed by atoms with Gasteiger partial charge in [-0.05, 0) is 0 Å². The summed E-state index contributed by atoms with van der Waals surface area (Å²) in [5, 5.41) is 184. The Morgan fingerprint density at radius 1 is 0.588 bits per heavy atom. The number of aliphatic hydroxyl groups is 16. The lowest BCUT2D eigenvalue weighted by molar-refractivity contribution is -0.381. The van der Waals surface area contributed by atoms with E-state index in [1.54, 1.807) is 0 Å². The van der Waals surface area contributed by atoms with Crippen LogP contribution in [0.15, 0.2) is 0 Å². The van der Waals surface area contributed by atoms with Crippen LogP contribution in [0.4, 0.5) is 0 Å². The lowest BCUT2D eigenvalue weighted by atomic mass is 9.88. The van der Waals surface area contributed by atoms with Crippen LogP contribution >= 0.6 is 0 Å². The second-order valence-corrected chi connectivity index (χ2v) is 16.9. The second kappa shape index (κ2) is 23.8. The lowest BCUT2D eigenvalue weighted by Crippen LogP contribution is -2.70. The average molecular weight is 999 g/mol. The Hall–Kier alpha value is -2.59. The van der Waals surface area contributed by atoms with Gasteiger partial charge in [-0.15, -0.1) is 0 Å². The van der Waals surface area contributed by atoms with Gasteiger partial charge in [-0.1, -0.05) is 0 Å². The Labute approximate surface area is 384 Å². The van der Waals surface area contributed by atoms with Gasteiger partial charge >= 0.3 is 5.97 Å². The molecular formula is C37H62N2O29. The first-order valence-corrected chi connectivity index (χ1v) is 21.2. The number of nitrogens with one attached hydrogen (secondary N) is 2. The van der Waals surface area contributed by atoms with Gasteiger partial charge in [0.2, 0.25) is 11.8 Å². The van der Waals surface area contributed by atoms with Crippen LogP contribution in [-0.4, -0.2) is 297 Å². The highest BCUT2D eigenvalue weighted by atomic mass is 16.8. The van der Waals surface area contributed by atoms with Gasteiger partial charge in [0.05, 0.1) is 45.2 Å². The minimum absolute atomic E-state index is 0.782. The predicted molar refractivity (Wildman–Crippen MR) is 207 cm³/mol. The zero-order chi connectivity index (χ0) is 50.7. The summed E-state index contributed by atoms with van der Waals surface area (Å²) in [6.45, 7) is -3.16. The molecule has 68 heavy (non-hydrogen) atoms. The van der Waals surface area contributed by atoms with Crippen LogP contribution in [0.1, 0.15) is 20.3 Å². The summed E-state index contributed by atoms with van der Waals surface area (Å²) in [5.41, 5.74) is 0. The van der Waals surface area contributed by atoms with Crippen molar-refractivity contribution >= 4 is 17.8 Å². The number of carboxylic acid groups (broad SMARTS) is 1. The number of amides is 2. The van der Waals surface area contributed by atoms with E-state index < -0.39 is 216 Å². The third-order valence-electron chi connectivity index (χ3n) is 12.1. The third-order valence-corrected chi connectivity index (χ3v) is 12.1. The van der Waals surface area contributed by atoms with Crippen molar-refractivity contribution in [3.05, 3.63) is 0 Å². The average Bonchev–Trinajstić information content (AvgIpc) is 3.29. The molecule has 5 saturated heterocycles. The van der Waals surface area contributed by atoms with E-state index in [-0.39, 0.29) is 0 Å². The quantitative estimate of drug-likeness (QED) is 0.0606. The van der Waals surface area contributed by atoms with Crippen LogP contribution in [-0.2, 0) is 57.0 Å². The Balaban J connectivity index is 1.39. The molecule has 31 nitrogen and oxygen atoms in total. The summed E-state index contributed by atoms with van der Waals surface area (Å²) >= 11 is 0. The van der Waals surface area contributed by atoms with Crippen molar-refractivity contribution in [2.75, 3.05) is 33.0 Å². The minimum atomic E-state index is -2.98. The summed E-state index contributed by atoms with van der Waals surface area (Å²) in [5.74, 6) is -6.62. The number of ether oxygens (including phenoxy) is 9. The minimum Gasteiger partial charge on any atom is -0.477 e. The van der Waals surface area contributed by atoms with Crippen molar-refractivity contribution in [3.8, 4) is 0 Å². The Bertz CT molecular complexity index is 1660. The third kappa shape index (κ3) is 12.0. The second-order valence-electron chi connectivity index (χ2n) is 16.9. The van der Waals surface area contributed by atoms with E-state index >= 15 is 0 Å². The van der Waals surface area contributed by atoms with Gasteiger partial charge in [0.25, 0.3) is 5.79 Å². The summed E-state index contributed by atoms with van der Waals surface area (Å²) in [7, 11) is 0. The summed E-state index contributed by atoms with van der Waals surface area (Å²) in [6, 6.07) is -3.40. The Kier molecular flexibility index (Phi) is 19.7. The molecular weight excluding hydrogens is 936 g/mol. The summed E-state index contributed by atoms with van der Waals surface area (Å²) in [4.78, 5) is 37.3. The fourth-order valence-electron chi connectivity index (χ4n) is 8.42. The number of aliphatic carboxylic acids is 1. The van der Waals surface area contributed by atoms with E-state index in [4.69, 9.17) is 42.6 Å². The summed E-state index contributed by atoms with van der Waals surface area (Å²) < 4.78 is 50.5. The molecule has 0 unspecified atom stereocenters. The van der Waals surface area contributed by atoms with Crippen molar-refractivity contribution in [1.29, 1.82) is 0 Å². The topological polar surface area (TPSA) is 502 Å². The Morgan fingerprint density at radius 2 is 1.10 bits per heavy atom. The molecule has 0 bridgehead atoms. The standard InChI is InChI=1S/C37H62N2O29/c1-9(44)38-17-11(46)3-37(36(58)59,68-30(17)19(48)12(47)4-40)60-8-16-20(49)23(52)26(55)34(64-16)66-29-18(39-10(2)45)33(62-13(5-41)21(29)50)67-31-22(51)14(6-42)63-35(27(31)56)65-28-15(7-43)61-32(57)25(54)24(28)53/h11-35,40-43,46-57H,3-8H2,1-2H3,(H,38,44)(H,39,45)(H,58,59)/t11-,12+,13+,14+,15+,16+,17+,18-,19+,20-,21+,22-,23-,24+,25+,26+,27+,28+,29+,30+,31-,32+,33-,34-,35-,37+/m0/s1. The number of hydrogen-bond acceptors (Lipinski definition) is 28. The largest absolute Gasteiger partial charge is 0.477 e. The van der Waals surface area contributed by atoms with Crippen molar-refractivity contribution in [2.24, 2.45) is 0 Å². The zero-order valence-electron chi connectivity index (χ0n) is 36.2. The first kappa shape index (κ1) is 56.3. The normalized spacial score (nSPS) is 46.6. The van der Waals surface area contributed by atoms with Gasteiger partial charge < -0.3 is 140 Å². The van der Waals surface area contributed by atoms with Gasteiger partial charge in [0.15, 0.2) is 25.2 Å². The van der Waals surface area contributed by atoms with Crippen LogP contribution < -0.4 is 10.6 Å². The molecule has 0 saturated carbocycles. The molecule has 0 radical (unpaired) electrons. The molecule has 2 amide bonds. The van der Waals surface area contributed by atoms with Gasteiger partial charge in [0.1, 0.15) is 116 Å². The van der Waals surface area contributed by atoms with Crippen LogP contribution in [0.5, 0.6) is 0 Å². The maximum atomic E-state index is 12.7. The molecule has 19 N–H and O–H groups in total. The van der Waals surface area contributed by atoms with Crippen LogP contribution in [0.25, 0.3) is 0 Å². The first-order valence-electron chi connectivity index (χ1n) is 21.2. The molecule has 5 heterocycles. The highest BCUT2D eigenvalue weighted by Crippen LogP contribution is 2.37. The monoisotopic (exact) mass is 998 g/mol. The number of rotatable bonds is 18. The number of carbonyl (C=O) groups is 3. The van der Waals surface area contributed by atoms with E-state index in [9.17, 15) is 101 Å². The first-order chi connectivity index (χ1) is 31.9. The van der Waals surface area contributed by atoms with E-state index in [1.165, 1.54) is 0 Å². The summed E-state index contributed by atoms with van der Waals surface area (Å²) in [6.07, 6.45) is -46.5. The highest BCUT2D eigenvalue weighted by Gasteiger charge is 2.59. The molecule has 0 spiro atoms. The number of aliphatic hydroxyl groups excluding tert-OH is 16. The SMILES string of the molecule is CC(=O)N[C@@H]1[C@H](O[C@H]2[C@@H](O)[C@@H](CO)O[C@@H](O[C@H]3[C@H](O)[C@@H](O)[C@H](O)O[C@@H]3CO)[C@@H]2O)O[C@H](CO)[C@@H](O)[C@@H]1O[C@@H]1O[C@H](CO[C@]2(C(=O)O)C[C@H](O)[C@@H](NC(C)=O)[C@H]([C@H](O)[C@H](O)CO)O2)[C@H](O)[C@H](O)[C@H]1O. The smallest absolute Gasteiger partial charge is 0.364 e. The van der Waals surface area contributed by atoms with Gasteiger partial charge in [-0.2, -0.15) is 0 Å². The molecule has 5 fully saturated rings. The predicted octanol–water partition coefficient (Wildman–Crippen LogP) is -12.4. The fourth-order valence-corrected chi connectivity index (χ4v) is 8.42. The van der Waals surface area contributed by atoms with E-state index in [1.807, 2.05) is 0 Å². The van der Waals surface area contributed by atoms with Gasteiger partial charge in [-0.25, -0.2) is 4.79 Å². The fraction of sp³-hybridized carbons (Fsp3) is 0.919. The molecule has 5 rings (SSSR count). The van der Waals surface area contributed by atoms with Crippen molar-refractivity contribution in [3.63, 3.8) is 0 Å². The number of carboxylic acids is 1. The zero-order valence-corrected chi connectivity index (χ0v) is 36.2. The molecule has 0 aliphatic carbocycles. The highest BCUT2D eigenvalue weighted by molar-refractivity contribution is 5.76. The molecule has 31 heteroatoms. The molecule has 5 aliphatic rings. The molecule has 0 aromatic heterocycles. The lowest BCUT2D eigenvalue weighted by Gasteiger charge is -2.50. The number of hydrogen-bond donors (Lipinski definition) is 19. The van der Waals surface area contributed by atoms with Crippen LogP contribution in [0.3, 0.4) is 0 Å². The van der Waals surface area contributed by atoms with E-state index in [0.717, 1.165) is 13.8 Å². The van der Waals surface area contributed by atoms with Gasteiger partial charge in [0, 0.05) is 20.3 Å². The van der Waals surface area contributed by atoms with Crippen molar-refractivity contribution in [1.82, 2.24) is 10.6 Å².